The Morgan fingerprint density at radius 3 is 2.10 bits per heavy atom. The lowest BCUT2D eigenvalue weighted by Crippen LogP contribution is -2.47. The maximum atomic E-state index is 6.53. The molecule has 0 aromatic carbocycles. The minimum absolute atomic E-state index is 0.555. The molecule has 20 heavy (non-hydrogen) atoms. The summed E-state index contributed by atoms with van der Waals surface area (Å²) in [5.74, 6) is 0.562. The van der Waals surface area contributed by atoms with Gasteiger partial charge in [-0.15, -0.1) is 0 Å². The number of aromatic nitrogens is 1. The van der Waals surface area contributed by atoms with E-state index in [2.05, 4.69) is 62.5 Å². The molecular weight excluding hydrogens is 332 g/mol. The lowest BCUT2D eigenvalue weighted by atomic mass is 10.3. The van der Waals surface area contributed by atoms with Crippen LogP contribution in [0.25, 0.3) is 0 Å². The first-order chi connectivity index (χ1) is 9.21. The summed E-state index contributed by atoms with van der Waals surface area (Å²) in [7, 11) is -1.85. The van der Waals surface area contributed by atoms with Crippen molar-refractivity contribution in [3.8, 4) is 0 Å². The zero-order valence-corrected chi connectivity index (χ0v) is 16.0. The molecule has 1 aromatic rings. The molecule has 1 aromatic heterocycles. The Hall–Kier alpha value is -0.393. The van der Waals surface area contributed by atoms with E-state index in [1.54, 1.807) is 6.20 Å². The van der Waals surface area contributed by atoms with Crippen LogP contribution in [0.4, 0.5) is 5.82 Å². The predicted octanol–water partition coefficient (Wildman–Crippen LogP) is 5.12. The van der Waals surface area contributed by atoms with Gasteiger partial charge >= 0.3 is 0 Å². The van der Waals surface area contributed by atoms with Crippen LogP contribution in [0.1, 0.15) is 47.1 Å². The summed E-state index contributed by atoms with van der Waals surface area (Å²) in [5.41, 5.74) is 8.64. The molecule has 0 spiro atoms. The van der Waals surface area contributed by atoms with Crippen molar-refractivity contribution in [3.63, 3.8) is 0 Å². The quantitative estimate of drug-likeness (QED) is 0.717. The molecule has 0 unspecified atom stereocenters. The van der Waals surface area contributed by atoms with E-state index in [9.17, 15) is 0 Å². The highest BCUT2D eigenvalue weighted by atomic mass is 79.9. The van der Waals surface area contributed by atoms with Gasteiger partial charge in [0.1, 0.15) is 5.82 Å². The van der Waals surface area contributed by atoms with Gasteiger partial charge in [0.2, 0.25) is 8.32 Å². The van der Waals surface area contributed by atoms with Crippen molar-refractivity contribution >= 4 is 30.1 Å². The maximum Gasteiger partial charge on any atom is 0.200 e. The Balaban J connectivity index is 3.00. The first-order valence-electron chi connectivity index (χ1n) is 7.25. The van der Waals surface area contributed by atoms with Crippen molar-refractivity contribution < 1.29 is 4.43 Å². The van der Waals surface area contributed by atoms with E-state index in [0.29, 0.717) is 29.0 Å². The first kappa shape index (κ1) is 17.7. The topological polar surface area (TPSA) is 48.1 Å². The summed E-state index contributed by atoms with van der Waals surface area (Å²) in [5, 5.41) is 0. The average molecular weight is 359 g/mol. The summed E-state index contributed by atoms with van der Waals surface area (Å²) >= 11 is 3.44. The normalized spacial score (nSPS) is 12.7. The Kier molecular flexibility index (Phi) is 6.22. The molecule has 0 aliphatic rings. The molecule has 2 N–H and O–H groups in total. The van der Waals surface area contributed by atoms with Crippen molar-refractivity contribution in [2.24, 2.45) is 0 Å². The number of rotatable bonds is 6. The van der Waals surface area contributed by atoms with Gasteiger partial charge in [0.25, 0.3) is 0 Å². The van der Waals surface area contributed by atoms with Crippen molar-refractivity contribution in [1.82, 2.24) is 4.98 Å². The third-order valence-corrected chi connectivity index (χ3v) is 10.6. The van der Waals surface area contributed by atoms with Crippen LogP contribution in [-0.2, 0) is 11.0 Å². The van der Waals surface area contributed by atoms with Crippen LogP contribution < -0.4 is 5.73 Å². The zero-order chi connectivity index (χ0) is 15.5. The van der Waals surface area contributed by atoms with E-state index in [1.807, 2.05) is 6.07 Å². The smallest absolute Gasteiger partial charge is 0.200 e. The van der Waals surface area contributed by atoms with Crippen LogP contribution in [0.5, 0.6) is 0 Å². The van der Waals surface area contributed by atoms with Gasteiger partial charge in [0.15, 0.2) is 0 Å². The van der Waals surface area contributed by atoms with Crippen LogP contribution in [0, 0.1) is 0 Å². The van der Waals surface area contributed by atoms with E-state index in [-0.39, 0.29) is 0 Å². The highest BCUT2D eigenvalue weighted by molar-refractivity contribution is 9.10. The van der Waals surface area contributed by atoms with E-state index < -0.39 is 8.32 Å². The molecule has 0 aliphatic carbocycles. The van der Waals surface area contributed by atoms with Gasteiger partial charge in [0, 0.05) is 16.2 Å². The molecule has 0 saturated carbocycles. The third kappa shape index (κ3) is 3.62. The standard InChI is InChI=1S/C15H27BrN2OSi/c1-10(2)20(11(3)4,12(5)6)19-9-13-7-14(16)8-18-15(13)17/h7-8,10-12H,9H2,1-6H3,(H2,17,18). The largest absolute Gasteiger partial charge is 0.412 e. The summed E-state index contributed by atoms with van der Waals surface area (Å²) in [6.45, 7) is 14.3. The molecule has 0 saturated heterocycles. The molecule has 0 aliphatic heterocycles. The highest BCUT2D eigenvalue weighted by Crippen LogP contribution is 2.42. The minimum Gasteiger partial charge on any atom is -0.412 e. The lowest BCUT2D eigenvalue weighted by molar-refractivity contribution is 0.266. The number of hydrogen-bond donors (Lipinski definition) is 1. The summed E-state index contributed by atoms with van der Waals surface area (Å²) in [6, 6.07) is 2.00. The molecule has 0 bridgehead atoms. The molecule has 0 radical (unpaired) electrons. The number of anilines is 1. The highest BCUT2D eigenvalue weighted by Gasteiger charge is 2.45. The van der Waals surface area contributed by atoms with Crippen LogP contribution >= 0.6 is 15.9 Å². The fourth-order valence-corrected chi connectivity index (χ4v) is 9.09. The Bertz CT molecular complexity index is 428. The SMILES string of the molecule is CC(C)[Si](OCc1cc(Br)cnc1N)(C(C)C)C(C)C. The minimum atomic E-state index is -1.85. The molecule has 1 heterocycles. The second-order valence-electron chi connectivity index (χ2n) is 6.30. The van der Waals surface area contributed by atoms with E-state index >= 15 is 0 Å². The Morgan fingerprint density at radius 1 is 1.15 bits per heavy atom. The van der Waals surface area contributed by atoms with Crippen molar-refractivity contribution in [2.75, 3.05) is 5.73 Å². The second kappa shape index (κ2) is 7.05. The van der Waals surface area contributed by atoms with Crippen molar-refractivity contribution in [3.05, 3.63) is 22.3 Å². The van der Waals surface area contributed by atoms with E-state index in [0.717, 1.165) is 10.0 Å². The number of halogens is 1. The third-order valence-electron chi connectivity index (χ3n) is 4.15. The number of nitrogens with zero attached hydrogens (tertiary/aromatic N) is 1. The van der Waals surface area contributed by atoms with Gasteiger partial charge in [-0.3, -0.25) is 0 Å². The van der Waals surface area contributed by atoms with Crippen LogP contribution in [0.3, 0.4) is 0 Å². The molecule has 0 atom stereocenters. The van der Waals surface area contributed by atoms with Gasteiger partial charge < -0.3 is 10.2 Å². The Labute approximate surface area is 132 Å². The van der Waals surface area contributed by atoms with Crippen molar-refractivity contribution in [2.45, 2.75) is 64.8 Å². The van der Waals surface area contributed by atoms with Gasteiger partial charge in [-0.2, -0.15) is 0 Å². The van der Waals surface area contributed by atoms with Crippen LogP contribution in [0.2, 0.25) is 16.6 Å². The first-order valence-corrected chi connectivity index (χ1v) is 10.2. The number of hydrogen-bond acceptors (Lipinski definition) is 3. The molecule has 5 heteroatoms. The van der Waals surface area contributed by atoms with E-state index in [1.165, 1.54) is 0 Å². The molecule has 0 fully saturated rings. The average Bonchev–Trinajstić information content (AvgIpc) is 2.32. The molecule has 3 nitrogen and oxygen atoms in total. The number of nitrogens with two attached hydrogens (primary N) is 1. The molecular formula is C15H27BrN2OSi. The van der Waals surface area contributed by atoms with Gasteiger partial charge in [0.05, 0.1) is 6.61 Å². The van der Waals surface area contributed by atoms with Crippen LogP contribution in [-0.4, -0.2) is 13.3 Å². The zero-order valence-electron chi connectivity index (χ0n) is 13.4. The van der Waals surface area contributed by atoms with Crippen LogP contribution in [0.15, 0.2) is 16.7 Å². The molecule has 0 amide bonds. The number of nitrogen functional groups attached to an aromatic ring is 1. The monoisotopic (exact) mass is 358 g/mol. The second-order valence-corrected chi connectivity index (χ2v) is 12.7. The molecule has 1 rings (SSSR count). The fraction of sp³-hybridized carbons (Fsp3) is 0.667. The van der Waals surface area contributed by atoms with Gasteiger partial charge in [-0.1, -0.05) is 41.5 Å². The van der Waals surface area contributed by atoms with Crippen molar-refractivity contribution in [1.29, 1.82) is 0 Å². The lowest BCUT2D eigenvalue weighted by Gasteiger charge is -2.42. The summed E-state index contributed by atoms with van der Waals surface area (Å²) in [6.07, 6.45) is 1.72. The van der Waals surface area contributed by atoms with Gasteiger partial charge in [-0.05, 0) is 38.6 Å². The van der Waals surface area contributed by atoms with Gasteiger partial charge in [-0.25, -0.2) is 4.98 Å². The molecule has 114 valence electrons. The fourth-order valence-electron chi connectivity index (χ4n) is 3.31. The Morgan fingerprint density at radius 2 is 1.65 bits per heavy atom. The summed E-state index contributed by atoms with van der Waals surface area (Å²) < 4.78 is 7.47. The number of pyridine rings is 1. The summed E-state index contributed by atoms with van der Waals surface area (Å²) in [4.78, 5) is 4.18. The predicted molar refractivity (Wildman–Crippen MR) is 92.2 cm³/mol. The van der Waals surface area contributed by atoms with E-state index in [4.69, 9.17) is 10.2 Å². The maximum absolute atomic E-state index is 6.53.